The van der Waals surface area contributed by atoms with Gasteiger partial charge in [0.25, 0.3) is 0 Å². The van der Waals surface area contributed by atoms with E-state index in [1.54, 1.807) is 12.1 Å². The monoisotopic (exact) mass is 408 g/mol. The van der Waals surface area contributed by atoms with Gasteiger partial charge < -0.3 is 4.74 Å². The number of rotatable bonds is 3. The summed E-state index contributed by atoms with van der Waals surface area (Å²) in [5.41, 5.74) is 0.789. The van der Waals surface area contributed by atoms with Crippen LogP contribution in [0.3, 0.4) is 0 Å². The molecular formula is C13H8Br2Cl2O. The van der Waals surface area contributed by atoms with E-state index in [1.807, 2.05) is 24.3 Å². The summed E-state index contributed by atoms with van der Waals surface area (Å²) in [7, 11) is 0. The molecule has 94 valence electrons. The molecule has 0 heterocycles. The van der Waals surface area contributed by atoms with E-state index >= 15 is 0 Å². The van der Waals surface area contributed by atoms with Crippen LogP contribution in [0, 0.1) is 0 Å². The number of ether oxygens (including phenoxy) is 1. The molecule has 5 heteroatoms. The highest BCUT2D eigenvalue weighted by molar-refractivity contribution is 9.11. The van der Waals surface area contributed by atoms with Crippen LogP contribution in [0.4, 0.5) is 0 Å². The SMILES string of the molecule is Clc1cccc(Cl)c1COc1cc(Br)cc(Br)c1. The van der Waals surface area contributed by atoms with Crippen LogP contribution in [0.1, 0.15) is 5.56 Å². The predicted molar refractivity (Wildman–Crippen MR) is 82.6 cm³/mol. The Morgan fingerprint density at radius 2 is 1.50 bits per heavy atom. The number of benzene rings is 2. The van der Waals surface area contributed by atoms with Crippen LogP contribution in [-0.4, -0.2) is 0 Å². The number of hydrogen-bond acceptors (Lipinski definition) is 1. The highest BCUT2D eigenvalue weighted by Crippen LogP contribution is 2.28. The van der Waals surface area contributed by atoms with E-state index in [1.165, 1.54) is 0 Å². The van der Waals surface area contributed by atoms with E-state index < -0.39 is 0 Å². The van der Waals surface area contributed by atoms with Crippen molar-refractivity contribution < 1.29 is 4.74 Å². The molecule has 0 radical (unpaired) electrons. The minimum atomic E-state index is 0.335. The minimum Gasteiger partial charge on any atom is -0.489 e. The molecule has 0 aliphatic rings. The lowest BCUT2D eigenvalue weighted by Gasteiger charge is -2.10. The summed E-state index contributed by atoms with van der Waals surface area (Å²) in [6.45, 7) is 0.335. The lowest BCUT2D eigenvalue weighted by molar-refractivity contribution is 0.306. The first-order chi connectivity index (χ1) is 8.56. The van der Waals surface area contributed by atoms with Gasteiger partial charge in [0, 0.05) is 24.6 Å². The molecule has 0 saturated heterocycles. The first kappa shape index (κ1) is 14.2. The summed E-state index contributed by atoms with van der Waals surface area (Å²) in [4.78, 5) is 0. The van der Waals surface area contributed by atoms with Crippen LogP contribution in [0.15, 0.2) is 45.3 Å². The highest BCUT2D eigenvalue weighted by Gasteiger charge is 2.07. The van der Waals surface area contributed by atoms with Gasteiger partial charge in [0.15, 0.2) is 0 Å². The van der Waals surface area contributed by atoms with Crippen molar-refractivity contribution in [3.05, 3.63) is 61.0 Å². The number of halogens is 4. The zero-order chi connectivity index (χ0) is 13.1. The molecule has 2 rings (SSSR count). The molecule has 18 heavy (non-hydrogen) atoms. The Labute approximate surface area is 132 Å². The Morgan fingerprint density at radius 3 is 2.06 bits per heavy atom. The summed E-state index contributed by atoms with van der Waals surface area (Å²) in [6.07, 6.45) is 0. The van der Waals surface area contributed by atoms with Crippen LogP contribution in [0.2, 0.25) is 10.0 Å². The van der Waals surface area contributed by atoms with Crippen molar-refractivity contribution in [2.75, 3.05) is 0 Å². The Balaban J connectivity index is 2.16. The Hall–Kier alpha value is -0.220. The van der Waals surface area contributed by atoms with Crippen molar-refractivity contribution in [3.8, 4) is 5.75 Å². The van der Waals surface area contributed by atoms with Gasteiger partial charge in [0.2, 0.25) is 0 Å². The molecule has 2 aromatic carbocycles. The van der Waals surface area contributed by atoms with Crippen molar-refractivity contribution in [2.24, 2.45) is 0 Å². The molecule has 0 aliphatic carbocycles. The maximum Gasteiger partial charge on any atom is 0.122 e. The lowest BCUT2D eigenvalue weighted by atomic mass is 10.2. The first-order valence-electron chi connectivity index (χ1n) is 5.08. The minimum absolute atomic E-state index is 0.335. The molecule has 0 atom stereocenters. The molecular weight excluding hydrogens is 403 g/mol. The third-order valence-electron chi connectivity index (χ3n) is 2.28. The van der Waals surface area contributed by atoms with Crippen LogP contribution in [0.5, 0.6) is 5.75 Å². The van der Waals surface area contributed by atoms with Crippen LogP contribution in [-0.2, 0) is 6.61 Å². The van der Waals surface area contributed by atoms with E-state index in [0.29, 0.717) is 16.7 Å². The second-order valence-corrected chi connectivity index (χ2v) is 6.24. The molecule has 0 amide bonds. The van der Waals surface area contributed by atoms with Crippen molar-refractivity contribution in [1.82, 2.24) is 0 Å². The molecule has 0 spiro atoms. The molecule has 0 bridgehead atoms. The van der Waals surface area contributed by atoms with E-state index in [0.717, 1.165) is 20.3 Å². The van der Waals surface area contributed by atoms with Gasteiger partial charge >= 0.3 is 0 Å². The average Bonchev–Trinajstić information content (AvgIpc) is 2.27. The molecule has 2 aromatic rings. The van der Waals surface area contributed by atoms with Crippen molar-refractivity contribution in [1.29, 1.82) is 0 Å². The van der Waals surface area contributed by atoms with E-state index in [9.17, 15) is 0 Å². The maximum atomic E-state index is 6.08. The fourth-order valence-electron chi connectivity index (χ4n) is 1.44. The standard InChI is InChI=1S/C13H8Br2Cl2O/c14-8-4-9(15)6-10(5-8)18-7-11-12(16)2-1-3-13(11)17/h1-6H,7H2. The fraction of sp³-hybridized carbons (Fsp3) is 0.0769. The van der Waals surface area contributed by atoms with Gasteiger partial charge in [-0.25, -0.2) is 0 Å². The maximum absolute atomic E-state index is 6.08. The molecule has 1 nitrogen and oxygen atoms in total. The Bertz CT molecular complexity index is 532. The molecule has 0 aromatic heterocycles. The molecule has 0 N–H and O–H groups in total. The second-order valence-electron chi connectivity index (χ2n) is 3.59. The molecule has 0 aliphatic heterocycles. The zero-order valence-corrected chi connectivity index (χ0v) is 13.8. The topological polar surface area (TPSA) is 9.23 Å². The predicted octanol–water partition coefficient (Wildman–Crippen LogP) is 6.10. The van der Waals surface area contributed by atoms with Gasteiger partial charge in [-0.15, -0.1) is 0 Å². The van der Waals surface area contributed by atoms with Gasteiger partial charge in [0.1, 0.15) is 12.4 Å². The smallest absolute Gasteiger partial charge is 0.122 e. The van der Waals surface area contributed by atoms with Crippen molar-refractivity contribution in [3.63, 3.8) is 0 Å². The summed E-state index contributed by atoms with van der Waals surface area (Å²) in [5, 5.41) is 1.22. The quantitative estimate of drug-likeness (QED) is 0.594. The van der Waals surface area contributed by atoms with E-state index in [4.69, 9.17) is 27.9 Å². The van der Waals surface area contributed by atoms with Crippen molar-refractivity contribution in [2.45, 2.75) is 6.61 Å². The normalized spacial score (nSPS) is 10.4. The van der Waals surface area contributed by atoms with Gasteiger partial charge in [0.05, 0.1) is 0 Å². The van der Waals surface area contributed by atoms with E-state index in [2.05, 4.69) is 31.9 Å². The fourth-order valence-corrected chi connectivity index (χ4v) is 3.20. The Kier molecular flexibility index (Phi) is 4.96. The molecule has 0 saturated carbocycles. The first-order valence-corrected chi connectivity index (χ1v) is 7.42. The van der Waals surface area contributed by atoms with Crippen LogP contribution >= 0.6 is 55.1 Å². The third-order valence-corrected chi connectivity index (χ3v) is 3.90. The number of hydrogen-bond donors (Lipinski definition) is 0. The summed E-state index contributed by atoms with van der Waals surface area (Å²) in [5.74, 6) is 0.743. The molecule has 0 unspecified atom stereocenters. The van der Waals surface area contributed by atoms with Gasteiger partial charge in [-0.05, 0) is 30.3 Å². The van der Waals surface area contributed by atoms with Crippen LogP contribution < -0.4 is 4.74 Å². The van der Waals surface area contributed by atoms with E-state index in [-0.39, 0.29) is 0 Å². The lowest BCUT2D eigenvalue weighted by Crippen LogP contribution is -1.97. The zero-order valence-electron chi connectivity index (χ0n) is 9.09. The largest absolute Gasteiger partial charge is 0.489 e. The summed E-state index contributed by atoms with van der Waals surface area (Å²) in [6, 6.07) is 11.1. The third kappa shape index (κ3) is 3.64. The second kappa shape index (κ2) is 6.29. The summed E-state index contributed by atoms with van der Waals surface area (Å²) < 4.78 is 7.57. The van der Waals surface area contributed by atoms with Crippen molar-refractivity contribution >= 4 is 55.1 Å². The summed E-state index contributed by atoms with van der Waals surface area (Å²) >= 11 is 19.0. The van der Waals surface area contributed by atoms with Crippen LogP contribution in [0.25, 0.3) is 0 Å². The van der Waals surface area contributed by atoms with Gasteiger partial charge in [-0.3, -0.25) is 0 Å². The van der Waals surface area contributed by atoms with Gasteiger partial charge in [-0.1, -0.05) is 61.1 Å². The average molecular weight is 411 g/mol. The Morgan fingerprint density at radius 1 is 0.944 bits per heavy atom. The van der Waals surface area contributed by atoms with Gasteiger partial charge in [-0.2, -0.15) is 0 Å². The highest BCUT2D eigenvalue weighted by atomic mass is 79.9. The molecule has 0 fully saturated rings.